The van der Waals surface area contributed by atoms with Crippen molar-refractivity contribution in [2.75, 3.05) is 19.0 Å². The van der Waals surface area contributed by atoms with Gasteiger partial charge in [0.25, 0.3) is 0 Å². The van der Waals surface area contributed by atoms with Crippen LogP contribution in [-0.2, 0) is 24.4 Å². The number of ketones is 1. The summed E-state index contributed by atoms with van der Waals surface area (Å²) in [6.07, 6.45) is 8.71. The fourth-order valence-corrected chi connectivity index (χ4v) is 11.1. The van der Waals surface area contributed by atoms with Crippen LogP contribution in [0.3, 0.4) is 0 Å². The number of benzene rings is 2. The third kappa shape index (κ3) is 8.67. The Balaban J connectivity index is 1.15. The number of aryl methyl sites for hydroxylation is 2. The van der Waals surface area contributed by atoms with E-state index in [-0.39, 0.29) is 42.9 Å². The number of amides is 2. The number of aromatic nitrogens is 2. The van der Waals surface area contributed by atoms with Crippen LogP contribution in [0.15, 0.2) is 60.0 Å². The number of rotatable bonds is 10. The lowest BCUT2D eigenvalue weighted by atomic mass is 9.91. The summed E-state index contributed by atoms with van der Waals surface area (Å²) in [7, 11) is -2.31. The van der Waals surface area contributed by atoms with Crippen molar-refractivity contribution in [3.8, 4) is 22.2 Å². The van der Waals surface area contributed by atoms with Gasteiger partial charge in [-0.3, -0.25) is 19.1 Å². The molecule has 8 rings (SSSR count). The van der Waals surface area contributed by atoms with Crippen molar-refractivity contribution in [3.63, 3.8) is 0 Å². The Morgan fingerprint density at radius 2 is 1.79 bits per heavy atom. The lowest BCUT2D eigenvalue weighted by Crippen LogP contribution is -2.49. The number of nitrogens with one attached hydrogen (secondary N) is 2. The number of hydrogen-bond donors (Lipinski definition) is 2. The SMILES string of the molecule is COc1ccc2c(O[C@@H]3C[C@H]4C(=O)C[C@]5(C(=O)NS(=O)(=O)C6(C)CC6)C[C@H]5/C=C\CCCCC[C@H](Nc5ccc(C)cc5)C(=O)N4C3)cc(-c3nc(C(C)C)cs3)nc2c1C. The number of thiazole rings is 1. The Labute approximate surface area is 363 Å². The number of methoxy groups -OCH3 is 1. The Kier molecular flexibility index (Phi) is 11.8. The van der Waals surface area contributed by atoms with Gasteiger partial charge in [0.2, 0.25) is 21.8 Å². The molecule has 4 heterocycles. The van der Waals surface area contributed by atoms with E-state index in [1.807, 2.05) is 67.8 Å². The molecule has 0 radical (unpaired) electrons. The number of nitrogens with zero attached hydrogens (tertiary/aromatic N) is 3. The molecular formula is C47H57N5O7S2. The average molecular weight is 868 g/mol. The zero-order valence-corrected chi connectivity index (χ0v) is 37.6. The van der Waals surface area contributed by atoms with Crippen LogP contribution in [0.5, 0.6) is 11.5 Å². The molecule has 2 aromatic carbocycles. The van der Waals surface area contributed by atoms with Gasteiger partial charge in [-0.15, -0.1) is 11.3 Å². The number of carbonyl (C=O) groups is 3. The molecule has 2 aliphatic heterocycles. The van der Waals surface area contributed by atoms with Crippen LogP contribution < -0.4 is 19.5 Å². The maximum Gasteiger partial charge on any atom is 0.245 e. The van der Waals surface area contributed by atoms with E-state index in [2.05, 4.69) is 30.0 Å². The quantitative estimate of drug-likeness (QED) is 0.148. The highest BCUT2D eigenvalue weighted by molar-refractivity contribution is 7.91. The van der Waals surface area contributed by atoms with Crippen molar-refractivity contribution in [2.45, 2.75) is 128 Å². The molecule has 2 N–H and O–H groups in total. The molecule has 324 valence electrons. The molecule has 3 fully saturated rings. The van der Waals surface area contributed by atoms with Gasteiger partial charge in [0, 0.05) is 40.9 Å². The van der Waals surface area contributed by atoms with E-state index < -0.39 is 44.3 Å². The Bertz CT molecular complexity index is 2480. The number of fused-ring (bicyclic) bond motifs is 3. The first-order chi connectivity index (χ1) is 29.1. The van der Waals surface area contributed by atoms with Gasteiger partial charge in [0.15, 0.2) is 5.78 Å². The Morgan fingerprint density at radius 3 is 2.49 bits per heavy atom. The third-order valence-electron chi connectivity index (χ3n) is 13.2. The smallest absolute Gasteiger partial charge is 0.245 e. The van der Waals surface area contributed by atoms with E-state index >= 15 is 0 Å². The monoisotopic (exact) mass is 867 g/mol. The maximum absolute atomic E-state index is 15.0. The minimum atomic E-state index is -3.94. The van der Waals surface area contributed by atoms with Gasteiger partial charge in [-0.1, -0.05) is 56.5 Å². The summed E-state index contributed by atoms with van der Waals surface area (Å²) in [5, 5.41) is 7.05. The number of hydrogen-bond acceptors (Lipinski definition) is 11. The van der Waals surface area contributed by atoms with Crippen LogP contribution in [0.4, 0.5) is 5.69 Å². The molecule has 2 saturated carbocycles. The summed E-state index contributed by atoms with van der Waals surface area (Å²) >= 11 is 1.52. The standard InChI is InChI=1S/C47H57N5O7S2/c1-28(2)37-27-60-43(50-37)36-23-41(34-18-19-40(58-6)30(4)42(34)49-36)59-33-22-38-39(53)25-47(45(55)51-61(56,57)46(5)20-21-46)24-31(47)12-10-8-7-9-11-13-35(44(54)52(38)26-33)48-32-16-14-29(3)15-17-32/h10,12,14-19,23,27-28,31,33,35,38,48H,7-9,11,13,20-22,24-26H2,1-6H3,(H,51,55)/b12-10-/t31-,33-,35+,38+,47-/m1/s1. The van der Waals surface area contributed by atoms with E-state index in [1.165, 1.54) is 11.3 Å². The van der Waals surface area contributed by atoms with E-state index in [0.29, 0.717) is 48.4 Å². The minimum Gasteiger partial charge on any atom is -0.496 e. The van der Waals surface area contributed by atoms with E-state index in [1.54, 1.807) is 18.9 Å². The van der Waals surface area contributed by atoms with Crippen LogP contribution >= 0.6 is 11.3 Å². The molecule has 2 amide bonds. The van der Waals surface area contributed by atoms with Crippen LogP contribution in [0, 0.1) is 25.2 Å². The second-order valence-electron chi connectivity index (χ2n) is 18.1. The molecular weight excluding hydrogens is 811 g/mol. The van der Waals surface area contributed by atoms with Gasteiger partial charge < -0.3 is 19.7 Å². The van der Waals surface area contributed by atoms with E-state index in [4.69, 9.17) is 19.4 Å². The minimum absolute atomic E-state index is 0.139. The fraction of sp³-hybridized carbons (Fsp3) is 0.511. The first kappa shape index (κ1) is 42.9. The largest absolute Gasteiger partial charge is 0.496 e. The van der Waals surface area contributed by atoms with Gasteiger partial charge in [-0.2, -0.15) is 0 Å². The Hall–Kier alpha value is -4.82. The zero-order chi connectivity index (χ0) is 43.3. The zero-order valence-electron chi connectivity index (χ0n) is 36.0. The van der Waals surface area contributed by atoms with Crippen molar-refractivity contribution in [1.29, 1.82) is 0 Å². The number of carbonyl (C=O) groups excluding carboxylic acids is 3. The highest BCUT2D eigenvalue weighted by Gasteiger charge is 2.62. The second-order valence-corrected chi connectivity index (χ2v) is 21.2. The molecule has 2 aromatic heterocycles. The average Bonchev–Trinajstić information content (AvgIpc) is 4.00. The summed E-state index contributed by atoms with van der Waals surface area (Å²) in [6.45, 7) is 9.95. The summed E-state index contributed by atoms with van der Waals surface area (Å²) in [5.74, 6) is 0.0552. The normalized spacial score (nSPS) is 25.9. The fourth-order valence-electron chi connectivity index (χ4n) is 8.79. The molecule has 0 unspecified atom stereocenters. The van der Waals surface area contributed by atoms with Gasteiger partial charge in [0.1, 0.15) is 34.3 Å². The van der Waals surface area contributed by atoms with Gasteiger partial charge in [0.05, 0.1) is 41.1 Å². The molecule has 2 aliphatic carbocycles. The lowest BCUT2D eigenvalue weighted by molar-refractivity contribution is -0.139. The van der Waals surface area contributed by atoms with Gasteiger partial charge in [-0.25, -0.2) is 18.4 Å². The summed E-state index contributed by atoms with van der Waals surface area (Å²) < 4.78 is 40.6. The maximum atomic E-state index is 15.0. The molecule has 0 bridgehead atoms. The van der Waals surface area contributed by atoms with Crippen LogP contribution in [0.1, 0.15) is 108 Å². The highest BCUT2D eigenvalue weighted by Crippen LogP contribution is 2.57. The van der Waals surface area contributed by atoms with Crippen molar-refractivity contribution < 1.29 is 32.3 Å². The molecule has 61 heavy (non-hydrogen) atoms. The molecule has 12 nitrogen and oxygen atoms in total. The summed E-state index contributed by atoms with van der Waals surface area (Å²) in [6, 6.07) is 12.1. The van der Waals surface area contributed by atoms with Gasteiger partial charge in [-0.05, 0) is 95.4 Å². The number of ether oxygens (including phenoxy) is 2. The summed E-state index contributed by atoms with van der Waals surface area (Å²) in [5.41, 5.74) is 3.84. The molecule has 0 spiro atoms. The van der Waals surface area contributed by atoms with Crippen molar-refractivity contribution in [2.24, 2.45) is 11.3 Å². The number of allylic oxidation sites excluding steroid dienone is 2. The van der Waals surface area contributed by atoms with Crippen molar-refractivity contribution in [1.82, 2.24) is 19.6 Å². The Morgan fingerprint density at radius 1 is 1.02 bits per heavy atom. The number of sulfonamides is 1. The van der Waals surface area contributed by atoms with Gasteiger partial charge >= 0.3 is 0 Å². The predicted octanol–water partition coefficient (Wildman–Crippen LogP) is 8.42. The number of pyridine rings is 1. The first-order valence-corrected chi connectivity index (χ1v) is 24.0. The van der Waals surface area contributed by atoms with Crippen molar-refractivity contribution >= 4 is 55.5 Å². The van der Waals surface area contributed by atoms with Crippen LogP contribution in [0.2, 0.25) is 0 Å². The lowest BCUT2D eigenvalue weighted by Gasteiger charge is -2.30. The molecule has 14 heteroatoms. The topological polar surface area (TPSA) is 157 Å². The first-order valence-electron chi connectivity index (χ1n) is 21.6. The second kappa shape index (κ2) is 16.8. The number of Topliss-reactive ketones (excluding diaryl/α,β-unsaturated/α-hetero) is 1. The third-order valence-corrected chi connectivity index (χ3v) is 16.3. The highest BCUT2D eigenvalue weighted by atomic mass is 32.2. The molecule has 4 aliphatic rings. The summed E-state index contributed by atoms with van der Waals surface area (Å²) in [4.78, 5) is 55.5. The van der Waals surface area contributed by atoms with Crippen LogP contribution in [-0.4, -0.2) is 77.5 Å². The molecule has 5 atom stereocenters. The van der Waals surface area contributed by atoms with Crippen LogP contribution in [0.25, 0.3) is 21.6 Å². The van der Waals surface area contributed by atoms with E-state index in [9.17, 15) is 22.8 Å². The molecule has 4 aromatic rings. The van der Waals surface area contributed by atoms with Crippen molar-refractivity contribution in [3.05, 3.63) is 76.8 Å². The molecule has 1 saturated heterocycles. The number of anilines is 1. The van der Waals surface area contributed by atoms with E-state index in [0.717, 1.165) is 58.6 Å². The predicted molar refractivity (Wildman–Crippen MR) is 238 cm³/mol.